The van der Waals surface area contributed by atoms with Crippen molar-refractivity contribution in [1.29, 1.82) is 0 Å². The van der Waals surface area contributed by atoms with Gasteiger partial charge in [0.25, 0.3) is 0 Å². The molecule has 0 heterocycles. The molecule has 0 atom stereocenters. The highest BCUT2D eigenvalue weighted by molar-refractivity contribution is 7.91. The fraction of sp³-hybridized carbons (Fsp3) is 0. The van der Waals surface area contributed by atoms with E-state index < -0.39 is 15.6 Å². The summed E-state index contributed by atoms with van der Waals surface area (Å²) in [5, 5.41) is 9.70. The van der Waals surface area contributed by atoms with Crippen LogP contribution in [0.25, 0.3) is 0 Å². The zero-order valence-corrected chi connectivity index (χ0v) is 10.2. The summed E-state index contributed by atoms with van der Waals surface area (Å²) in [5.41, 5.74) is 0. The third kappa shape index (κ3) is 2.14. The molecule has 1 N–H and O–H groups in total. The van der Waals surface area contributed by atoms with Gasteiger partial charge in [0, 0.05) is 0 Å². The number of rotatable bonds is 2. The predicted molar refractivity (Wildman–Crippen MR) is 65.0 cm³/mol. The molecule has 0 saturated heterocycles. The number of halogens is 1. The quantitative estimate of drug-likeness (QED) is 0.911. The van der Waals surface area contributed by atoms with E-state index in [2.05, 4.69) is 0 Å². The van der Waals surface area contributed by atoms with Crippen LogP contribution in [0.1, 0.15) is 0 Å². The van der Waals surface area contributed by atoms with E-state index >= 15 is 0 Å². The van der Waals surface area contributed by atoms with Gasteiger partial charge in [0.2, 0.25) is 9.84 Å². The van der Waals surface area contributed by atoms with Gasteiger partial charge in [-0.05, 0) is 24.3 Å². The summed E-state index contributed by atoms with van der Waals surface area (Å²) < 4.78 is 24.4. The molecule has 0 aliphatic carbocycles. The molecule has 2 aromatic carbocycles. The molecule has 2 aromatic rings. The zero-order valence-electron chi connectivity index (χ0n) is 8.67. The van der Waals surface area contributed by atoms with Crippen LogP contribution in [0.4, 0.5) is 0 Å². The third-order valence-electron chi connectivity index (χ3n) is 2.29. The second-order valence-corrected chi connectivity index (χ2v) is 5.73. The molecule has 0 amide bonds. The molecule has 0 saturated carbocycles. The maximum absolute atomic E-state index is 12.2. The monoisotopic (exact) mass is 268 g/mol. The lowest BCUT2D eigenvalue weighted by Crippen LogP contribution is -2.02. The van der Waals surface area contributed by atoms with Crippen LogP contribution in [0.5, 0.6) is 5.75 Å². The van der Waals surface area contributed by atoms with Gasteiger partial charge >= 0.3 is 0 Å². The highest BCUT2D eigenvalue weighted by Gasteiger charge is 2.22. The van der Waals surface area contributed by atoms with Gasteiger partial charge < -0.3 is 5.11 Å². The van der Waals surface area contributed by atoms with Crippen molar-refractivity contribution in [2.45, 2.75) is 9.79 Å². The van der Waals surface area contributed by atoms with Crippen LogP contribution in [0.2, 0.25) is 5.02 Å². The predicted octanol–water partition coefficient (Wildman–Crippen LogP) is 2.88. The van der Waals surface area contributed by atoms with Gasteiger partial charge in [0.05, 0.1) is 9.92 Å². The van der Waals surface area contributed by atoms with E-state index in [9.17, 15) is 13.5 Å². The summed E-state index contributed by atoms with van der Waals surface area (Å²) >= 11 is 5.69. The fourth-order valence-corrected chi connectivity index (χ4v) is 3.06. The molecule has 5 heteroatoms. The SMILES string of the molecule is O=S(=O)(c1ccccc1)c1cccc(Cl)c1O. The fourth-order valence-electron chi connectivity index (χ4n) is 1.44. The van der Waals surface area contributed by atoms with E-state index in [1.54, 1.807) is 18.2 Å². The molecule has 0 bridgehead atoms. The summed E-state index contributed by atoms with van der Waals surface area (Å²) in [5.74, 6) is -0.419. The molecule has 0 spiro atoms. The Balaban J connectivity index is 2.65. The maximum Gasteiger partial charge on any atom is 0.210 e. The number of para-hydroxylation sites is 1. The largest absolute Gasteiger partial charge is 0.505 e. The Morgan fingerprint density at radius 2 is 1.59 bits per heavy atom. The van der Waals surface area contributed by atoms with Crippen LogP contribution in [0.3, 0.4) is 0 Å². The Labute approximate surface area is 104 Å². The molecule has 3 nitrogen and oxygen atoms in total. The average Bonchev–Trinajstić information content (AvgIpc) is 2.33. The van der Waals surface area contributed by atoms with E-state index in [-0.39, 0.29) is 14.8 Å². The Bertz CT molecular complexity index is 636. The lowest BCUT2D eigenvalue weighted by molar-refractivity contribution is 0.459. The van der Waals surface area contributed by atoms with Gasteiger partial charge in [0.1, 0.15) is 4.90 Å². The minimum atomic E-state index is -3.73. The maximum atomic E-state index is 12.2. The summed E-state index contributed by atoms with van der Waals surface area (Å²) in [4.78, 5) is -0.0613. The van der Waals surface area contributed by atoms with Gasteiger partial charge in [-0.3, -0.25) is 0 Å². The number of hydrogen-bond acceptors (Lipinski definition) is 3. The first-order valence-corrected chi connectivity index (χ1v) is 6.67. The van der Waals surface area contributed by atoms with Gasteiger partial charge in [-0.25, -0.2) is 8.42 Å². The van der Waals surface area contributed by atoms with Crippen molar-refractivity contribution < 1.29 is 13.5 Å². The standard InChI is InChI=1S/C12H9ClO3S/c13-10-7-4-8-11(12(10)14)17(15,16)9-5-2-1-3-6-9/h1-8,14H. The number of hydrogen-bond donors (Lipinski definition) is 1. The van der Waals surface area contributed by atoms with Crippen molar-refractivity contribution in [3.05, 3.63) is 53.6 Å². The number of phenolic OH excluding ortho intramolecular Hbond substituents is 1. The van der Waals surface area contributed by atoms with Gasteiger partial charge in [-0.2, -0.15) is 0 Å². The Hall–Kier alpha value is -1.52. The number of aromatic hydroxyl groups is 1. The number of sulfone groups is 1. The molecule has 0 aromatic heterocycles. The average molecular weight is 269 g/mol. The minimum Gasteiger partial charge on any atom is -0.505 e. The van der Waals surface area contributed by atoms with Crippen molar-refractivity contribution >= 4 is 21.4 Å². The summed E-state index contributed by atoms with van der Waals surface area (Å²) in [6.45, 7) is 0. The normalized spacial score (nSPS) is 11.4. The molecule has 0 radical (unpaired) electrons. The van der Waals surface area contributed by atoms with Crippen molar-refractivity contribution in [3.8, 4) is 5.75 Å². The van der Waals surface area contributed by atoms with Crippen molar-refractivity contribution in [2.75, 3.05) is 0 Å². The first-order valence-electron chi connectivity index (χ1n) is 4.81. The van der Waals surface area contributed by atoms with Crippen molar-refractivity contribution in [3.63, 3.8) is 0 Å². The lowest BCUT2D eigenvalue weighted by Gasteiger charge is -2.07. The number of phenols is 1. The lowest BCUT2D eigenvalue weighted by atomic mass is 10.3. The second kappa shape index (κ2) is 4.39. The van der Waals surface area contributed by atoms with E-state index in [4.69, 9.17) is 11.6 Å². The Morgan fingerprint density at radius 1 is 0.941 bits per heavy atom. The summed E-state index contributed by atoms with van der Waals surface area (Å²) in [7, 11) is -3.73. The highest BCUT2D eigenvalue weighted by atomic mass is 35.5. The zero-order chi connectivity index (χ0) is 12.5. The third-order valence-corrected chi connectivity index (χ3v) is 4.40. The second-order valence-electron chi connectivity index (χ2n) is 3.40. The van der Waals surface area contributed by atoms with Crippen LogP contribution < -0.4 is 0 Å². The van der Waals surface area contributed by atoms with E-state index in [0.29, 0.717) is 0 Å². The number of benzene rings is 2. The van der Waals surface area contributed by atoms with Crippen molar-refractivity contribution in [1.82, 2.24) is 0 Å². The van der Waals surface area contributed by atoms with Crippen LogP contribution in [-0.2, 0) is 9.84 Å². The molecule has 0 aliphatic rings. The van der Waals surface area contributed by atoms with Crippen LogP contribution in [-0.4, -0.2) is 13.5 Å². The molecular weight excluding hydrogens is 260 g/mol. The molecular formula is C12H9ClO3S. The van der Waals surface area contributed by atoms with E-state index in [0.717, 1.165) is 0 Å². The van der Waals surface area contributed by atoms with E-state index in [1.165, 1.54) is 30.3 Å². The molecule has 0 aliphatic heterocycles. The molecule has 2 rings (SSSR count). The molecule has 0 fully saturated rings. The molecule has 88 valence electrons. The van der Waals surface area contributed by atoms with Crippen LogP contribution >= 0.6 is 11.6 Å². The summed E-state index contributed by atoms with van der Waals surface area (Å²) in [6, 6.07) is 12.1. The van der Waals surface area contributed by atoms with Gasteiger partial charge in [0.15, 0.2) is 5.75 Å². The van der Waals surface area contributed by atoms with Crippen LogP contribution in [0.15, 0.2) is 58.3 Å². The first-order chi connectivity index (χ1) is 8.03. The van der Waals surface area contributed by atoms with Gasteiger partial charge in [-0.15, -0.1) is 0 Å². The topological polar surface area (TPSA) is 54.4 Å². The van der Waals surface area contributed by atoms with E-state index in [1.807, 2.05) is 0 Å². The Kier molecular flexibility index (Phi) is 3.09. The van der Waals surface area contributed by atoms with Gasteiger partial charge in [-0.1, -0.05) is 35.9 Å². The molecule has 0 unspecified atom stereocenters. The summed E-state index contributed by atoms with van der Waals surface area (Å²) in [6.07, 6.45) is 0. The smallest absolute Gasteiger partial charge is 0.210 e. The first kappa shape index (κ1) is 12.0. The Morgan fingerprint density at radius 3 is 2.24 bits per heavy atom. The van der Waals surface area contributed by atoms with Crippen LogP contribution in [0, 0.1) is 0 Å². The van der Waals surface area contributed by atoms with Crippen molar-refractivity contribution in [2.24, 2.45) is 0 Å². The minimum absolute atomic E-state index is 0.0157. The molecule has 17 heavy (non-hydrogen) atoms. The highest BCUT2D eigenvalue weighted by Crippen LogP contribution is 2.33.